The van der Waals surface area contributed by atoms with Crippen molar-refractivity contribution in [2.75, 3.05) is 5.75 Å². The molecule has 0 aliphatic rings. The summed E-state index contributed by atoms with van der Waals surface area (Å²) in [5.74, 6) is -0.649. The van der Waals surface area contributed by atoms with Crippen LogP contribution in [0.25, 0.3) is 6.08 Å². The van der Waals surface area contributed by atoms with Crippen LogP contribution >= 0.6 is 12.6 Å². The highest BCUT2D eigenvalue weighted by atomic mass is 32.1. The van der Waals surface area contributed by atoms with Crippen LogP contribution in [0, 0.1) is 0 Å². The van der Waals surface area contributed by atoms with E-state index < -0.39 is 29.7 Å². The second-order valence-corrected chi connectivity index (χ2v) is 9.69. The van der Waals surface area contributed by atoms with E-state index in [4.69, 9.17) is 4.74 Å². The van der Waals surface area contributed by atoms with E-state index in [0.29, 0.717) is 12.0 Å². The lowest BCUT2D eigenvalue weighted by atomic mass is 9.98. The fourth-order valence-corrected chi connectivity index (χ4v) is 3.52. The maximum absolute atomic E-state index is 13.7. The van der Waals surface area contributed by atoms with E-state index in [1.165, 1.54) is 4.90 Å². The smallest absolute Gasteiger partial charge is 0.408 e. The van der Waals surface area contributed by atoms with Gasteiger partial charge >= 0.3 is 6.09 Å². The van der Waals surface area contributed by atoms with Gasteiger partial charge in [-0.05, 0) is 65.2 Å². The number of rotatable bonds is 10. The number of ether oxygens (including phenoxy) is 1. The summed E-state index contributed by atoms with van der Waals surface area (Å²) in [7, 11) is 0. The lowest BCUT2D eigenvalue weighted by molar-refractivity contribution is -0.144. The first-order chi connectivity index (χ1) is 15.3. The molecule has 3 unspecified atom stereocenters. The van der Waals surface area contributed by atoms with Gasteiger partial charge in [-0.25, -0.2) is 4.79 Å². The fraction of sp³-hybridized carbons (Fsp3) is 0.560. The van der Waals surface area contributed by atoms with Gasteiger partial charge in [-0.2, -0.15) is 12.6 Å². The molecule has 0 heterocycles. The molecule has 0 aliphatic carbocycles. The minimum absolute atomic E-state index is 0.0518. The molecule has 7 nitrogen and oxygen atoms in total. The third-order valence-electron chi connectivity index (χ3n) is 4.91. The summed E-state index contributed by atoms with van der Waals surface area (Å²) in [6.45, 7) is 16.6. The molecular weight excluding hydrogens is 438 g/mol. The first-order valence-corrected chi connectivity index (χ1v) is 11.9. The van der Waals surface area contributed by atoms with Crippen molar-refractivity contribution >= 4 is 36.6 Å². The maximum Gasteiger partial charge on any atom is 0.408 e. The van der Waals surface area contributed by atoms with Crippen molar-refractivity contribution in [1.82, 2.24) is 15.5 Å². The van der Waals surface area contributed by atoms with Gasteiger partial charge < -0.3 is 20.3 Å². The molecule has 1 aromatic carbocycles. The van der Waals surface area contributed by atoms with E-state index in [9.17, 15) is 14.4 Å². The van der Waals surface area contributed by atoms with Crippen LogP contribution in [0.1, 0.15) is 72.1 Å². The number of amides is 3. The van der Waals surface area contributed by atoms with Gasteiger partial charge in [-0.15, -0.1) is 0 Å². The predicted octanol–water partition coefficient (Wildman–Crippen LogP) is 4.35. The third-order valence-corrected chi connectivity index (χ3v) is 5.28. The zero-order valence-electron chi connectivity index (χ0n) is 20.8. The third kappa shape index (κ3) is 8.76. The summed E-state index contributed by atoms with van der Waals surface area (Å²) in [6.07, 6.45) is 1.59. The Morgan fingerprint density at radius 1 is 1.18 bits per heavy atom. The Labute approximate surface area is 203 Å². The molecule has 3 atom stereocenters. The molecule has 0 saturated heterocycles. The minimum atomic E-state index is -0.964. The number of carbonyl (C=O) groups is 3. The molecule has 0 fully saturated rings. The topological polar surface area (TPSA) is 87.7 Å². The van der Waals surface area contributed by atoms with Crippen molar-refractivity contribution in [1.29, 1.82) is 0 Å². The van der Waals surface area contributed by atoms with Gasteiger partial charge in [-0.3, -0.25) is 9.59 Å². The van der Waals surface area contributed by atoms with Gasteiger partial charge in [0.25, 0.3) is 0 Å². The standard InChI is InChI=1S/C25H39N3O4S/c1-9-17(5)28(23(30)20(15-33)27-24(31)32-25(6,7)8)21(22(29)26-16(3)4)19-13-11-12-18(10-2)14-19/h10-14,16-17,20-21,33H,2,9,15H2,1,3-8H3,(H,26,29)(H,27,31). The average Bonchev–Trinajstić information content (AvgIpc) is 2.72. The SMILES string of the molecule is C=Cc1cccc(C(C(=O)NC(C)C)N(C(=O)C(CS)NC(=O)OC(C)(C)C)C(C)CC)c1. The quantitative estimate of drug-likeness (QED) is 0.437. The number of nitrogens with one attached hydrogen (secondary N) is 2. The molecule has 1 rings (SSSR count). The molecular formula is C25H39N3O4S. The van der Waals surface area contributed by atoms with Crippen molar-refractivity contribution in [3.8, 4) is 0 Å². The van der Waals surface area contributed by atoms with Crippen LogP contribution in [0.2, 0.25) is 0 Å². The first kappa shape index (κ1) is 28.6. The number of carbonyl (C=O) groups excluding carboxylic acids is 3. The van der Waals surface area contributed by atoms with Gasteiger partial charge in [0.1, 0.15) is 17.7 Å². The molecule has 1 aromatic rings. The predicted molar refractivity (Wildman–Crippen MR) is 136 cm³/mol. The van der Waals surface area contributed by atoms with Gasteiger partial charge in [0.15, 0.2) is 0 Å². The molecule has 0 radical (unpaired) electrons. The number of nitrogens with zero attached hydrogens (tertiary/aromatic N) is 1. The molecule has 0 spiro atoms. The summed E-state index contributed by atoms with van der Waals surface area (Å²) < 4.78 is 5.32. The first-order valence-electron chi connectivity index (χ1n) is 11.3. The number of benzene rings is 1. The number of alkyl carbamates (subject to hydrolysis) is 1. The molecule has 33 heavy (non-hydrogen) atoms. The largest absolute Gasteiger partial charge is 0.444 e. The number of hydrogen-bond donors (Lipinski definition) is 3. The van der Waals surface area contributed by atoms with E-state index in [1.807, 2.05) is 52.0 Å². The average molecular weight is 478 g/mol. The highest BCUT2D eigenvalue weighted by molar-refractivity contribution is 7.80. The zero-order chi connectivity index (χ0) is 25.3. The maximum atomic E-state index is 13.7. The van der Waals surface area contributed by atoms with Gasteiger partial charge in [-0.1, -0.05) is 37.8 Å². The molecule has 2 N–H and O–H groups in total. The van der Waals surface area contributed by atoms with Crippen LogP contribution in [0.3, 0.4) is 0 Å². The Kier molecular flexibility index (Phi) is 11.0. The monoisotopic (exact) mass is 477 g/mol. The Bertz CT molecular complexity index is 835. The lowest BCUT2D eigenvalue weighted by Gasteiger charge is -2.38. The molecule has 0 saturated carbocycles. The lowest BCUT2D eigenvalue weighted by Crippen LogP contribution is -2.56. The molecule has 8 heteroatoms. The number of hydrogen-bond acceptors (Lipinski definition) is 5. The van der Waals surface area contributed by atoms with Gasteiger partial charge in [0, 0.05) is 17.8 Å². The molecule has 184 valence electrons. The minimum Gasteiger partial charge on any atom is -0.444 e. The van der Waals surface area contributed by atoms with E-state index in [1.54, 1.807) is 26.8 Å². The van der Waals surface area contributed by atoms with Gasteiger partial charge in [0.05, 0.1) is 0 Å². The Morgan fingerprint density at radius 3 is 2.30 bits per heavy atom. The van der Waals surface area contributed by atoms with Crippen molar-refractivity contribution in [3.63, 3.8) is 0 Å². The molecule has 0 bridgehead atoms. The summed E-state index contributed by atoms with van der Waals surface area (Å²) >= 11 is 4.30. The van der Waals surface area contributed by atoms with Crippen molar-refractivity contribution in [3.05, 3.63) is 42.0 Å². The van der Waals surface area contributed by atoms with E-state index in [0.717, 1.165) is 5.56 Å². The van der Waals surface area contributed by atoms with E-state index in [-0.39, 0.29) is 23.7 Å². The normalized spacial score (nSPS) is 14.1. The highest BCUT2D eigenvalue weighted by Crippen LogP contribution is 2.27. The van der Waals surface area contributed by atoms with Crippen LogP contribution in [0.5, 0.6) is 0 Å². The Balaban J connectivity index is 3.46. The van der Waals surface area contributed by atoms with Crippen LogP contribution in [0.4, 0.5) is 4.79 Å². The Morgan fingerprint density at radius 2 is 1.82 bits per heavy atom. The van der Waals surface area contributed by atoms with Crippen LogP contribution in [-0.4, -0.2) is 52.3 Å². The zero-order valence-corrected chi connectivity index (χ0v) is 21.7. The van der Waals surface area contributed by atoms with Crippen molar-refractivity contribution < 1.29 is 19.1 Å². The summed E-state index contributed by atoms with van der Waals surface area (Å²) in [5, 5.41) is 5.55. The summed E-state index contributed by atoms with van der Waals surface area (Å²) in [5.41, 5.74) is 0.786. The second kappa shape index (κ2) is 12.7. The van der Waals surface area contributed by atoms with E-state index >= 15 is 0 Å². The highest BCUT2D eigenvalue weighted by Gasteiger charge is 2.38. The summed E-state index contributed by atoms with van der Waals surface area (Å²) in [6, 6.07) is 5.12. The number of thiol groups is 1. The van der Waals surface area contributed by atoms with E-state index in [2.05, 4.69) is 29.8 Å². The van der Waals surface area contributed by atoms with Gasteiger partial charge in [0.2, 0.25) is 11.8 Å². The molecule has 0 aromatic heterocycles. The van der Waals surface area contributed by atoms with Crippen LogP contribution < -0.4 is 10.6 Å². The molecule has 0 aliphatic heterocycles. The Hall–Kier alpha value is -2.48. The van der Waals surface area contributed by atoms with Crippen molar-refractivity contribution in [2.45, 2.75) is 84.7 Å². The van der Waals surface area contributed by atoms with Crippen LogP contribution in [0.15, 0.2) is 30.8 Å². The van der Waals surface area contributed by atoms with Crippen LogP contribution in [-0.2, 0) is 14.3 Å². The van der Waals surface area contributed by atoms with Crippen molar-refractivity contribution in [2.24, 2.45) is 0 Å². The second-order valence-electron chi connectivity index (χ2n) is 9.32. The fourth-order valence-electron chi connectivity index (χ4n) is 3.27. The molecule has 3 amide bonds. The summed E-state index contributed by atoms with van der Waals surface area (Å²) in [4.78, 5) is 41.0.